The number of carbonyl (C=O) groups excluding carboxylic acids is 1. The van der Waals surface area contributed by atoms with Crippen LogP contribution in [0.25, 0.3) is 10.9 Å². The highest BCUT2D eigenvalue weighted by atomic mass is 16.1. The molecule has 0 saturated heterocycles. The van der Waals surface area contributed by atoms with E-state index in [4.69, 9.17) is 11.5 Å². The Morgan fingerprint density at radius 2 is 2.10 bits per heavy atom. The third kappa shape index (κ3) is 4.18. The zero-order chi connectivity index (χ0) is 21.3. The lowest BCUT2D eigenvalue weighted by molar-refractivity contribution is 0.0995. The summed E-state index contributed by atoms with van der Waals surface area (Å²) in [7, 11) is 0. The number of anilines is 3. The van der Waals surface area contributed by atoms with Gasteiger partial charge in [0.05, 0.1) is 11.6 Å². The zero-order valence-electron chi connectivity index (χ0n) is 17.2. The molecule has 30 heavy (non-hydrogen) atoms. The molecule has 0 unspecified atom stereocenters. The van der Waals surface area contributed by atoms with E-state index < -0.39 is 5.91 Å². The second kappa shape index (κ2) is 7.86. The Kier molecular flexibility index (Phi) is 5.25. The van der Waals surface area contributed by atoms with Crippen LogP contribution < -0.4 is 22.1 Å². The van der Waals surface area contributed by atoms with E-state index in [-0.39, 0.29) is 16.9 Å². The van der Waals surface area contributed by atoms with Crippen molar-refractivity contribution in [3.8, 4) is 0 Å². The molecule has 3 aromatic rings. The van der Waals surface area contributed by atoms with Gasteiger partial charge in [0.1, 0.15) is 0 Å². The highest BCUT2D eigenvalue weighted by Crippen LogP contribution is 2.32. The summed E-state index contributed by atoms with van der Waals surface area (Å²) in [5, 5.41) is 19.8. The summed E-state index contributed by atoms with van der Waals surface area (Å²) in [5.41, 5.74) is 12.8. The maximum Gasteiger partial charge on any atom is 0.273 e. The fraction of sp³-hybridized carbons (Fsp3) is 0.450. The molecule has 4 rings (SSSR count). The lowest BCUT2D eigenvalue weighted by Gasteiger charge is -2.25. The van der Waals surface area contributed by atoms with Crippen LogP contribution in [-0.2, 0) is 0 Å². The number of hydrogen-bond donors (Lipinski definition) is 4. The molecule has 1 saturated carbocycles. The maximum absolute atomic E-state index is 11.8. The van der Waals surface area contributed by atoms with Crippen molar-refractivity contribution in [2.45, 2.75) is 39.2 Å². The first-order valence-corrected chi connectivity index (χ1v) is 10.1. The molecule has 0 aliphatic heterocycles. The number of nitrogens with zero attached hydrogens (tertiary/aromatic N) is 5. The summed E-state index contributed by atoms with van der Waals surface area (Å²) < 4.78 is 2.04. The standard InChI is InChI=1S/C20H27N9O/c1-20(2,10-21)11-23-19-25-18(16(17(22)30)26-27-19)24-13-6-7-15-12(8-13)9-29(28-15)14-4-3-5-14/h6-9,14H,3-5,10-11,21H2,1-2H3,(H2,22,30)(H2,23,24,25,27). The van der Waals surface area contributed by atoms with Gasteiger partial charge in [-0.3, -0.25) is 9.48 Å². The quantitative estimate of drug-likeness (QED) is 0.442. The Morgan fingerprint density at radius 3 is 2.77 bits per heavy atom. The molecular weight excluding hydrogens is 382 g/mol. The van der Waals surface area contributed by atoms with E-state index in [9.17, 15) is 4.79 Å². The number of aromatic nitrogens is 5. The number of nitrogens with two attached hydrogens (primary N) is 2. The summed E-state index contributed by atoms with van der Waals surface area (Å²) >= 11 is 0. The average Bonchev–Trinajstić information content (AvgIpc) is 3.07. The van der Waals surface area contributed by atoms with E-state index in [2.05, 4.69) is 37.1 Å². The number of rotatable bonds is 8. The first-order valence-electron chi connectivity index (χ1n) is 10.1. The number of hydrogen-bond acceptors (Lipinski definition) is 8. The summed E-state index contributed by atoms with van der Waals surface area (Å²) in [4.78, 5) is 16.2. The minimum absolute atomic E-state index is 0.0242. The minimum atomic E-state index is -0.704. The van der Waals surface area contributed by atoms with Crippen molar-refractivity contribution >= 4 is 34.3 Å². The molecule has 1 aromatic carbocycles. The third-order valence-corrected chi connectivity index (χ3v) is 5.43. The van der Waals surface area contributed by atoms with Gasteiger partial charge in [-0.2, -0.15) is 10.1 Å². The first kappa shape index (κ1) is 20.0. The lowest BCUT2D eigenvalue weighted by Crippen LogP contribution is -2.32. The Balaban J connectivity index is 1.58. The van der Waals surface area contributed by atoms with E-state index in [1.807, 2.05) is 36.7 Å². The Labute approximate surface area is 174 Å². The topological polar surface area (TPSA) is 150 Å². The third-order valence-electron chi connectivity index (χ3n) is 5.43. The summed E-state index contributed by atoms with van der Waals surface area (Å²) in [6.07, 6.45) is 5.65. The van der Waals surface area contributed by atoms with Crippen molar-refractivity contribution in [1.82, 2.24) is 25.0 Å². The van der Waals surface area contributed by atoms with Gasteiger partial charge >= 0.3 is 0 Å². The second-order valence-corrected chi connectivity index (χ2v) is 8.51. The molecule has 1 fully saturated rings. The second-order valence-electron chi connectivity index (χ2n) is 8.51. The maximum atomic E-state index is 11.8. The van der Waals surface area contributed by atoms with Crippen LogP contribution in [0, 0.1) is 5.41 Å². The van der Waals surface area contributed by atoms with Crippen LogP contribution in [-0.4, -0.2) is 44.0 Å². The highest BCUT2D eigenvalue weighted by Gasteiger charge is 2.21. The van der Waals surface area contributed by atoms with Crippen LogP contribution in [0.1, 0.15) is 49.6 Å². The van der Waals surface area contributed by atoms with Crippen LogP contribution >= 0.6 is 0 Å². The van der Waals surface area contributed by atoms with Gasteiger partial charge in [0.15, 0.2) is 11.5 Å². The largest absolute Gasteiger partial charge is 0.364 e. The Bertz CT molecular complexity index is 1070. The molecule has 158 valence electrons. The fourth-order valence-corrected chi connectivity index (χ4v) is 3.14. The van der Waals surface area contributed by atoms with Crippen LogP contribution in [0.5, 0.6) is 0 Å². The van der Waals surface area contributed by atoms with E-state index >= 15 is 0 Å². The lowest BCUT2D eigenvalue weighted by atomic mass is 9.93. The van der Waals surface area contributed by atoms with Gasteiger partial charge < -0.3 is 22.1 Å². The van der Waals surface area contributed by atoms with Crippen LogP contribution in [0.3, 0.4) is 0 Å². The summed E-state index contributed by atoms with van der Waals surface area (Å²) in [6.45, 7) is 5.13. The molecule has 6 N–H and O–H groups in total. The monoisotopic (exact) mass is 409 g/mol. The summed E-state index contributed by atoms with van der Waals surface area (Å²) in [6, 6.07) is 6.29. The fourth-order valence-electron chi connectivity index (χ4n) is 3.14. The molecule has 0 radical (unpaired) electrons. The van der Waals surface area contributed by atoms with Gasteiger partial charge in [0.2, 0.25) is 5.95 Å². The number of benzene rings is 1. The van der Waals surface area contributed by atoms with Gasteiger partial charge in [-0.25, -0.2) is 0 Å². The molecule has 1 aliphatic rings. The van der Waals surface area contributed by atoms with Gasteiger partial charge in [0.25, 0.3) is 5.91 Å². The van der Waals surface area contributed by atoms with Crippen molar-refractivity contribution in [3.05, 3.63) is 30.1 Å². The molecular formula is C20H27N9O. The number of nitrogens with one attached hydrogen (secondary N) is 2. The smallest absolute Gasteiger partial charge is 0.273 e. The SMILES string of the molecule is CC(C)(CN)CNc1nnc(C(N)=O)c(Nc2ccc3nn(C4CCC4)cc3c2)n1. The number of primary amides is 1. The minimum Gasteiger partial charge on any atom is -0.364 e. The van der Waals surface area contributed by atoms with E-state index in [1.165, 1.54) is 19.3 Å². The zero-order valence-corrected chi connectivity index (χ0v) is 17.2. The molecule has 10 nitrogen and oxygen atoms in total. The predicted molar refractivity (Wildman–Crippen MR) is 116 cm³/mol. The molecule has 2 aromatic heterocycles. The Morgan fingerprint density at radius 1 is 1.30 bits per heavy atom. The average molecular weight is 409 g/mol. The molecule has 1 aliphatic carbocycles. The van der Waals surface area contributed by atoms with Gasteiger partial charge in [-0.15, -0.1) is 10.2 Å². The number of fused-ring (bicyclic) bond motifs is 1. The van der Waals surface area contributed by atoms with Crippen LogP contribution in [0.2, 0.25) is 0 Å². The molecule has 0 atom stereocenters. The molecule has 0 spiro atoms. The Hall–Kier alpha value is -3.27. The van der Waals surface area contributed by atoms with Gasteiger partial charge in [-0.05, 0) is 49.4 Å². The van der Waals surface area contributed by atoms with Crippen molar-refractivity contribution in [2.24, 2.45) is 16.9 Å². The van der Waals surface area contributed by atoms with Gasteiger partial charge in [0, 0.05) is 23.8 Å². The van der Waals surface area contributed by atoms with Crippen molar-refractivity contribution in [2.75, 3.05) is 23.7 Å². The molecule has 10 heteroatoms. The normalized spacial score (nSPS) is 14.5. The first-order chi connectivity index (χ1) is 14.3. The highest BCUT2D eigenvalue weighted by molar-refractivity contribution is 5.96. The van der Waals surface area contributed by atoms with Crippen LogP contribution in [0.4, 0.5) is 17.5 Å². The number of amides is 1. The van der Waals surface area contributed by atoms with Crippen molar-refractivity contribution < 1.29 is 4.79 Å². The molecule has 2 heterocycles. The van der Waals surface area contributed by atoms with Crippen molar-refractivity contribution in [1.29, 1.82) is 0 Å². The van der Waals surface area contributed by atoms with E-state index in [0.717, 1.165) is 16.6 Å². The van der Waals surface area contributed by atoms with Crippen molar-refractivity contribution in [3.63, 3.8) is 0 Å². The van der Waals surface area contributed by atoms with Gasteiger partial charge in [-0.1, -0.05) is 13.8 Å². The van der Waals surface area contributed by atoms with E-state index in [1.54, 1.807) is 0 Å². The summed E-state index contributed by atoms with van der Waals surface area (Å²) in [5.74, 6) is -0.163. The predicted octanol–water partition coefficient (Wildman–Crippen LogP) is 2.19. The molecule has 0 bridgehead atoms. The molecule has 1 amide bonds. The van der Waals surface area contributed by atoms with E-state index in [0.29, 0.717) is 25.1 Å². The number of carbonyl (C=O) groups is 1. The van der Waals surface area contributed by atoms with Crippen LogP contribution in [0.15, 0.2) is 24.4 Å².